The second-order valence-corrected chi connectivity index (χ2v) is 9.20. The summed E-state index contributed by atoms with van der Waals surface area (Å²) in [5, 5.41) is 25.7. The number of primary amides is 1. The molecule has 0 heterocycles. The van der Waals surface area contributed by atoms with Gasteiger partial charge in [0.2, 0.25) is 23.6 Å². The molecule has 0 radical (unpaired) electrons. The molecule has 16 nitrogen and oxygen atoms in total. The summed E-state index contributed by atoms with van der Waals surface area (Å²) < 4.78 is 0. The van der Waals surface area contributed by atoms with E-state index < -0.39 is 59.7 Å². The van der Waals surface area contributed by atoms with Crippen LogP contribution in [-0.2, 0) is 35.2 Å². The average molecular weight is 579 g/mol. The van der Waals surface area contributed by atoms with Crippen LogP contribution >= 0.6 is 0 Å². The van der Waals surface area contributed by atoms with E-state index in [-0.39, 0.29) is 57.5 Å². The van der Waals surface area contributed by atoms with Crippen molar-refractivity contribution in [2.45, 2.75) is 69.1 Å². The number of nitrogens with one attached hydrogen (secondary N) is 3. The van der Waals surface area contributed by atoms with Gasteiger partial charge in [0.25, 0.3) is 0 Å². The first-order chi connectivity index (χ1) is 19.3. The lowest BCUT2D eigenvalue weighted by Gasteiger charge is -2.25. The molecule has 0 aliphatic heterocycles. The highest BCUT2D eigenvalue weighted by molar-refractivity contribution is 5.94. The van der Waals surface area contributed by atoms with Crippen molar-refractivity contribution in [3.8, 4) is 0 Å². The number of amides is 4. The Hall–Kier alpha value is -4.73. The minimum atomic E-state index is -1.38. The maximum atomic E-state index is 13.3. The number of rotatable bonds is 19. The zero-order valence-electron chi connectivity index (χ0n) is 22.5. The van der Waals surface area contributed by atoms with E-state index in [2.05, 4.69) is 20.9 Å². The van der Waals surface area contributed by atoms with E-state index in [0.717, 1.165) is 0 Å². The van der Waals surface area contributed by atoms with Crippen LogP contribution in [0.1, 0.15) is 44.1 Å². The maximum absolute atomic E-state index is 13.3. The molecule has 4 atom stereocenters. The largest absolute Gasteiger partial charge is 0.481 e. The molecule has 226 valence electrons. The number of carboxylic acid groups (broad SMARTS) is 2. The van der Waals surface area contributed by atoms with E-state index in [1.165, 1.54) is 0 Å². The van der Waals surface area contributed by atoms with Gasteiger partial charge < -0.3 is 49.1 Å². The molecule has 16 heteroatoms. The molecule has 4 unspecified atom stereocenters. The van der Waals surface area contributed by atoms with Gasteiger partial charge in [0.05, 0.1) is 6.04 Å². The van der Waals surface area contributed by atoms with Gasteiger partial charge in [0, 0.05) is 25.8 Å². The Balaban J connectivity index is 3.09. The van der Waals surface area contributed by atoms with Crippen LogP contribution in [0.4, 0.5) is 0 Å². The predicted molar refractivity (Wildman–Crippen MR) is 147 cm³/mol. The molecule has 1 aromatic carbocycles. The Morgan fingerprint density at radius 1 is 0.756 bits per heavy atom. The number of nitrogens with zero attached hydrogens (tertiary/aromatic N) is 1. The van der Waals surface area contributed by atoms with Gasteiger partial charge in [-0.1, -0.05) is 30.3 Å². The first kappa shape index (κ1) is 34.3. The predicted octanol–water partition coefficient (Wildman–Crippen LogP) is -2.72. The van der Waals surface area contributed by atoms with Gasteiger partial charge in [-0.3, -0.25) is 29.0 Å². The van der Waals surface area contributed by atoms with E-state index in [9.17, 15) is 33.9 Å². The molecule has 0 bridgehead atoms. The molecule has 4 amide bonds. The van der Waals surface area contributed by atoms with Crippen LogP contribution in [0.3, 0.4) is 0 Å². The Morgan fingerprint density at radius 3 is 1.90 bits per heavy atom. The number of carbonyl (C=O) groups excluding carboxylic acids is 4. The smallest absolute Gasteiger partial charge is 0.326 e. The van der Waals surface area contributed by atoms with Crippen molar-refractivity contribution in [3.05, 3.63) is 35.9 Å². The molecule has 0 saturated carbocycles. The van der Waals surface area contributed by atoms with Gasteiger partial charge in [0.1, 0.15) is 18.1 Å². The van der Waals surface area contributed by atoms with Crippen molar-refractivity contribution in [3.63, 3.8) is 0 Å². The second-order valence-electron chi connectivity index (χ2n) is 9.20. The number of carbonyl (C=O) groups is 6. The summed E-state index contributed by atoms with van der Waals surface area (Å²) in [6, 6.07) is 3.38. The summed E-state index contributed by atoms with van der Waals surface area (Å²) in [4.78, 5) is 76.7. The summed E-state index contributed by atoms with van der Waals surface area (Å²) in [5.41, 5.74) is 22.1. The fourth-order valence-electron chi connectivity index (χ4n) is 3.61. The topological polar surface area (TPSA) is 295 Å². The number of guanidine groups is 1. The first-order valence-electron chi connectivity index (χ1n) is 12.8. The van der Waals surface area contributed by atoms with Gasteiger partial charge in [-0.05, 0) is 31.2 Å². The molecule has 0 fully saturated rings. The van der Waals surface area contributed by atoms with Crippen LogP contribution < -0.4 is 38.9 Å². The van der Waals surface area contributed by atoms with Crippen LogP contribution in [0.2, 0.25) is 0 Å². The Bertz CT molecular complexity index is 1090. The van der Waals surface area contributed by atoms with Crippen LogP contribution in [0.5, 0.6) is 0 Å². The summed E-state index contributed by atoms with van der Waals surface area (Å²) in [6.07, 6.45) is -0.930. The minimum absolute atomic E-state index is 0.0171. The van der Waals surface area contributed by atoms with Gasteiger partial charge in [-0.15, -0.1) is 0 Å². The van der Waals surface area contributed by atoms with Crippen LogP contribution in [0, 0.1) is 0 Å². The summed E-state index contributed by atoms with van der Waals surface area (Å²) in [7, 11) is 0. The summed E-state index contributed by atoms with van der Waals surface area (Å²) >= 11 is 0. The van der Waals surface area contributed by atoms with Crippen LogP contribution in [0.25, 0.3) is 0 Å². The molecule has 0 saturated heterocycles. The Kier molecular flexibility index (Phi) is 14.9. The Labute approximate surface area is 236 Å². The molecule has 41 heavy (non-hydrogen) atoms. The number of nitrogens with two attached hydrogens (primary N) is 4. The highest BCUT2D eigenvalue weighted by Gasteiger charge is 2.30. The third kappa shape index (κ3) is 14.3. The third-order valence-electron chi connectivity index (χ3n) is 5.79. The van der Waals surface area contributed by atoms with Crippen molar-refractivity contribution in [2.75, 3.05) is 6.54 Å². The highest BCUT2D eigenvalue weighted by atomic mass is 16.4. The Morgan fingerprint density at radius 2 is 1.34 bits per heavy atom. The van der Waals surface area contributed by atoms with E-state index in [1.807, 2.05) is 0 Å². The van der Waals surface area contributed by atoms with Crippen LogP contribution in [0.15, 0.2) is 35.3 Å². The highest BCUT2D eigenvalue weighted by Crippen LogP contribution is 2.08. The molecule has 1 aromatic rings. The lowest BCUT2D eigenvalue weighted by Crippen LogP contribution is -2.57. The van der Waals surface area contributed by atoms with Crippen molar-refractivity contribution in [1.29, 1.82) is 0 Å². The average Bonchev–Trinajstić information content (AvgIpc) is 2.90. The minimum Gasteiger partial charge on any atom is -0.481 e. The number of aliphatic carboxylic acids is 2. The zero-order valence-corrected chi connectivity index (χ0v) is 22.5. The number of hydrogen-bond acceptors (Lipinski definition) is 8. The number of aliphatic imine (C=N–C) groups is 1. The molecule has 0 aromatic heterocycles. The molecule has 0 aliphatic carbocycles. The normalized spacial score (nSPS) is 13.5. The van der Waals surface area contributed by atoms with Crippen molar-refractivity contribution in [1.82, 2.24) is 16.0 Å². The molecular formula is C25H38N8O8. The van der Waals surface area contributed by atoms with Crippen molar-refractivity contribution >= 4 is 41.5 Å². The fourth-order valence-corrected chi connectivity index (χ4v) is 3.61. The number of hydrogen-bond donors (Lipinski definition) is 9. The first-order valence-corrected chi connectivity index (χ1v) is 12.8. The maximum Gasteiger partial charge on any atom is 0.326 e. The molecule has 13 N–H and O–H groups in total. The lowest BCUT2D eigenvalue weighted by atomic mass is 10.0. The molecule has 0 spiro atoms. The summed E-state index contributed by atoms with van der Waals surface area (Å²) in [6.45, 7) is 0.124. The monoisotopic (exact) mass is 578 g/mol. The standard InChI is InChI=1S/C25H38N8O8/c26-15(8-11-20(35)36)21(37)33-18(13-14-5-2-1-3-6-14)23(39)31-16(9-10-19(27)34)22(38)32-17(24(40)41)7-4-12-30-25(28)29/h1-3,5-6,15-18H,4,7-13,26H2,(H2,27,34)(H,31,39)(H,32,38)(H,33,37)(H,35,36)(H,40,41)(H4,28,29,30). The second kappa shape index (κ2) is 17.8. The van der Waals surface area contributed by atoms with Gasteiger partial charge in [0.15, 0.2) is 5.96 Å². The van der Waals surface area contributed by atoms with Crippen molar-refractivity contribution < 1.29 is 39.0 Å². The quantitative estimate of drug-likeness (QED) is 0.0461. The lowest BCUT2D eigenvalue weighted by molar-refractivity contribution is -0.142. The van der Waals surface area contributed by atoms with E-state index in [1.54, 1.807) is 30.3 Å². The van der Waals surface area contributed by atoms with E-state index in [4.69, 9.17) is 28.0 Å². The van der Waals surface area contributed by atoms with E-state index in [0.29, 0.717) is 5.56 Å². The van der Waals surface area contributed by atoms with Gasteiger partial charge >= 0.3 is 11.9 Å². The van der Waals surface area contributed by atoms with E-state index >= 15 is 0 Å². The zero-order chi connectivity index (χ0) is 30.9. The van der Waals surface area contributed by atoms with Crippen molar-refractivity contribution in [2.24, 2.45) is 27.9 Å². The molecule has 1 rings (SSSR count). The third-order valence-corrected chi connectivity index (χ3v) is 5.79. The SMILES string of the molecule is NC(=O)CCC(NC(=O)C(Cc1ccccc1)NC(=O)C(N)CCC(=O)O)C(=O)NC(CCCN=C(N)N)C(=O)O. The number of carboxylic acids is 2. The van der Waals surface area contributed by atoms with Gasteiger partial charge in [-0.2, -0.15) is 0 Å². The fraction of sp³-hybridized carbons (Fsp3) is 0.480. The van der Waals surface area contributed by atoms with Crippen LogP contribution in [-0.4, -0.2) is 82.5 Å². The molecule has 0 aliphatic rings. The number of benzene rings is 1. The molecular weight excluding hydrogens is 540 g/mol. The van der Waals surface area contributed by atoms with Gasteiger partial charge in [-0.25, -0.2) is 4.79 Å². The summed E-state index contributed by atoms with van der Waals surface area (Å²) in [5.74, 6) is -5.92.